The van der Waals surface area contributed by atoms with Crippen molar-refractivity contribution in [1.82, 2.24) is 5.32 Å². The number of carbonyl (C=O) groups is 1. The Morgan fingerprint density at radius 3 is 2.75 bits per heavy atom. The molecule has 0 heterocycles. The minimum Gasteiger partial charge on any atom is -0.494 e. The molecule has 2 aromatic carbocycles. The predicted molar refractivity (Wildman–Crippen MR) is 88.2 cm³/mol. The first-order valence-electron chi connectivity index (χ1n) is 8.07. The number of halogens is 1. The highest BCUT2D eigenvalue weighted by molar-refractivity contribution is 5.76. The molecule has 2 atom stereocenters. The predicted octanol–water partition coefficient (Wildman–Crippen LogP) is 2.76. The zero-order valence-corrected chi connectivity index (χ0v) is 13.2. The van der Waals surface area contributed by atoms with Gasteiger partial charge in [0.25, 0.3) is 0 Å². The summed E-state index contributed by atoms with van der Waals surface area (Å²) >= 11 is 0. The molecule has 0 fully saturated rings. The lowest BCUT2D eigenvalue weighted by Gasteiger charge is -2.18. The number of nitrogens with one attached hydrogen (secondary N) is 1. The summed E-state index contributed by atoms with van der Waals surface area (Å²) < 4.78 is 18.2. The van der Waals surface area contributed by atoms with Crippen LogP contribution in [0.4, 0.5) is 4.39 Å². The van der Waals surface area contributed by atoms with Crippen LogP contribution in [0.1, 0.15) is 30.0 Å². The average Bonchev–Trinajstić information content (AvgIpc) is 2.89. The molecule has 5 heteroatoms. The third kappa shape index (κ3) is 3.92. The largest absolute Gasteiger partial charge is 0.494 e. The molecule has 1 aliphatic carbocycles. The fraction of sp³-hybridized carbons (Fsp3) is 0.316. The second-order valence-electron chi connectivity index (χ2n) is 5.92. The summed E-state index contributed by atoms with van der Waals surface area (Å²) in [5, 5.41) is 13.0. The zero-order valence-electron chi connectivity index (χ0n) is 13.2. The summed E-state index contributed by atoms with van der Waals surface area (Å²) in [7, 11) is 0. The molecule has 0 radical (unpaired) electrons. The van der Waals surface area contributed by atoms with Crippen LogP contribution in [-0.2, 0) is 11.2 Å². The van der Waals surface area contributed by atoms with E-state index in [1.54, 1.807) is 12.1 Å². The highest BCUT2D eigenvalue weighted by Gasteiger charge is 2.31. The van der Waals surface area contributed by atoms with Crippen LogP contribution in [0, 0.1) is 5.82 Å². The van der Waals surface area contributed by atoms with Crippen molar-refractivity contribution < 1.29 is 19.0 Å². The molecule has 0 aliphatic heterocycles. The number of hydrogen-bond acceptors (Lipinski definition) is 3. The molecule has 126 valence electrons. The first-order chi connectivity index (χ1) is 11.6. The van der Waals surface area contributed by atoms with E-state index in [1.807, 2.05) is 24.3 Å². The number of carbonyl (C=O) groups excluding carboxylic acids is 1. The van der Waals surface area contributed by atoms with Crippen molar-refractivity contribution in [3.63, 3.8) is 0 Å². The Morgan fingerprint density at radius 1 is 1.21 bits per heavy atom. The molecule has 2 unspecified atom stereocenters. The maximum atomic E-state index is 12.8. The summed E-state index contributed by atoms with van der Waals surface area (Å²) in [5.41, 5.74) is 2.07. The summed E-state index contributed by atoms with van der Waals surface area (Å²) in [6.45, 7) is 0.378. The van der Waals surface area contributed by atoms with Gasteiger partial charge in [0.15, 0.2) is 0 Å². The van der Waals surface area contributed by atoms with Gasteiger partial charge in [-0.05, 0) is 41.8 Å². The normalized spacial score (nSPS) is 18.9. The fourth-order valence-electron chi connectivity index (χ4n) is 2.95. The second kappa shape index (κ2) is 7.45. The molecule has 2 N–H and O–H groups in total. The van der Waals surface area contributed by atoms with E-state index in [0.717, 1.165) is 11.1 Å². The topological polar surface area (TPSA) is 58.6 Å². The van der Waals surface area contributed by atoms with Crippen molar-refractivity contribution in [2.24, 2.45) is 0 Å². The lowest BCUT2D eigenvalue weighted by atomic mass is 10.1. The SMILES string of the molecule is O=C(CCCOc1ccc(F)cc1)NC1c2ccccc2CC1O. The summed E-state index contributed by atoms with van der Waals surface area (Å²) in [6, 6.07) is 13.2. The number of amides is 1. The summed E-state index contributed by atoms with van der Waals surface area (Å²) in [5.74, 6) is 0.160. The molecule has 1 aliphatic rings. The van der Waals surface area contributed by atoms with E-state index in [1.165, 1.54) is 12.1 Å². The van der Waals surface area contributed by atoms with Gasteiger partial charge in [0.1, 0.15) is 11.6 Å². The van der Waals surface area contributed by atoms with E-state index >= 15 is 0 Å². The smallest absolute Gasteiger partial charge is 0.220 e. The number of benzene rings is 2. The molecule has 1 amide bonds. The first kappa shape index (κ1) is 16.5. The zero-order chi connectivity index (χ0) is 16.9. The number of hydrogen-bond donors (Lipinski definition) is 2. The molecular weight excluding hydrogens is 309 g/mol. The molecular formula is C19H20FNO3. The molecule has 24 heavy (non-hydrogen) atoms. The number of aliphatic hydroxyl groups excluding tert-OH is 1. The molecule has 0 spiro atoms. The Labute approximate surface area is 140 Å². The van der Waals surface area contributed by atoms with Gasteiger partial charge in [-0.1, -0.05) is 24.3 Å². The molecule has 0 saturated heterocycles. The standard InChI is InChI=1S/C19H20FNO3/c20-14-7-9-15(10-8-14)24-11-3-6-18(23)21-19-16-5-2-1-4-13(16)12-17(19)22/h1-2,4-5,7-10,17,19,22H,3,6,11-12H2,(H,21,23). The molecule has 4 nitrogen and oxygen atoms in total. The van der Waals surface area contributed by atoms with Crippen molar-refractivity contribution in [1.29, 1.82) is 0 Å². The van der Waals surface area contributed by atoms with E-state index in [0.29, 0.717) is 31.6 Å². The number of aliphatic hydroxyl groups is 1. The van der Waals surface area contributed by atoms with Crippen molar-refractivity contribution in [2.45, 2.75) is 31.4 Å². The fourth-order valence-corrected chi connectivity index (χ4v) is 2.95. The van der Waals surface area contributed by atoms with E-state index in [9.17, 15) is 14.3 Å². The van der Waals surface area contributed by atoms with Gasteiger partial charge in [-0.15, -0.1) is 0 Å². The van der Waals surface area contributed by atoms with Crippen molar-refractivity contribution in [3.05, 3.63) is 65.5 Å². The number of fused-ring (bicyclic) bond motifs is 1. The maximum absolute atomic E-state index is 12.8. The van der Waals surface area contributed by atoms with E-state index in [4.69, 9.17) is 4.74 Å². The quantitative estimate of drug-likeness (QED) is 0.801. The lowest BCUT2D eigenvalue weighted by Crippen LogP contribution is -2.33. The van der Waals surface area contributed by atoms with Crippen LogP contribution >= 0.6 is 0 Å². The summed E-state index contributed by atoms with van der Waals surface area (Å²) in [4.78, 5) is 12.1. The van der Waals surface area contributed by atoms with E-state index < -0.39 is 6.10 Å². The van der Waals surface area contributed by atoms with Crippen LogP contribution in [0.5, 0.6) is 5.75 Å². The van der Waals surface area contributed by atoms with E-state index in [-0.39, 0.29) is 17.8 Å². The van der Waals surface area contributed by atoms with Gasteiger partial charge in [-0.25, -0.2) is 4.39 Å². The Bertz CT molecular complexity index is 702. The second-order valence-corrected chi connectivity index (χ2v) is 5.92. The third-order valence-corrected chi connectivity index (χ3v) is 4.15. The van der Waals surface area contributed by atoms with Crippen molar-refractivity contribution in [3.8, 4) is 5.75 Å². The molecule has 0 aromatic heterocycles. The Balaban J connectivity index is 1.44. The highest BCUT2D eigenvalue weighted by atomic mass is 19.1. The molecule has 2 aromatic rings. The van der Waals surface area contributed by atoms with Gasteiger partial charge in [-0.2, -0.15) is 0 Å². The Hall–Kier alpha value is -2.40. The van der Waals surface area contributed by atoms with Crippen molar-refractivity contribution >= 4 is 5.91 Å². The van der Waals surface area contributed by atoms with Gasteiger partial charge in [0, 0.05) is 12.8 Å². The van der Waals surface area contributed by atoms with Crippen LogP contribution < -0.4 is 10.1 Å². The molecule has 0 saturated carbocycles. The maximum Gasteiger partial charge on any atom is 0.220 e. The summed E-state index contributed by atoms with van der Waals surface area (Å²) in [6.07, 6.45) is 0.844. The monoisotopic (exact) mass is 329 g/mol. The number of ether oxygens (including phenoxy) is 1. The van der Waals surface area contributed by atoms with Crippen LogP contribution in [0.15, 0.2) is 48.5 Å². The van der Waals surface area contributed by atoms with Gasteiger partial charge < -0.3 is 15.2 Å². The minimum absolute atomic E-state index is 0.113. The molecule has 3 rings (SSSR count). The van der Waals surface area contributed by atoms with Crippen LogP contribution in [0.2, 0.25) is 0 Å². The minimum atomic E-state index is -0.582. The first-order valence-corrected chi connectivity index (χ1v) is 8.07. The van der Waals surface area contributed by atoms with E-state index in [2.05, 4.69) is 5.32 Å². The van der Waals surface area contributed by atoms with Crippen LogP contribution in [0.25, 0.3) is 0 Å². The Kier molecular flexibility index (Phi) is 5.11. The molecule has 0 bridgehead atoms. The lowest BCUT2D eigenvalue weighted by molar-refractivity contribution is -0.122. The number of rotatable bonds is 6. The third-order valence-electron chi connectivity index (χ3n) is 4.15. The van der Waals surface area contributed by atoms with Crippen LogP contribution in [-0.4, -0.2) is 23.7 Å². The van der Waals surface area contributed by atoms with Crippen LogP contribution in [0.3, 0.4) is 0 Å². The Morgan fingerprint density at radius 2 is 1.96 bits per heavy atom. The highest BCUT2D eigenvalue weighted by Crippen LogP contribution is 2.31. The van der Waals surface area contributed by atoms with Gasteiger partial charge in [0.2, 0.25) is 5.91 Å². The van der Waals surface area contributed by atoms with Gasteiger partial charge in [0.05, 0.1) is 18.8 Å². The average molecular weight is 329 g/mol. The van der Waals surface area contributed by atoms with Gasteiger partial charge in [-0.3, -0.25) is 4.79 Å². The van der Waals surface area contributed by atoms with Gasteiger partial charge >= 0.3 is 0 Å². The van der Waals surface area contributed by atoms with Crippen molar-refractivity contribution in [2.75, 3.05) is 6.61 Å².